The molecule has 1 fully saturated rings. The summed E-state index contributed by atoms with van der Waals surface area (Å²) >= 11 is 0. The van der Waals surface area contributed by atoms with E-state index in [2.05, 4.69) is 5.32 Å². The third-order valence-corrected chi connectivity index (χ3v) is 2.53. The van der Waals surface area contributed by atoms with Crippen LogP contribution >= 0.6 is 0 Å². The predicted molar refractivity (Wildman–Crippen MR) is 63.1 cm³/mol. The molecule has 0 bridgehead atoms. The molecule has 2 rings (SSSR count). The zero-order valence-corrected chi connectivity index (χ0v) is 9.52. The highest BCUT2D eigenvalue weighted by Crippen LogP contribution is 2.18. The Balaban J connectivity index is 1.72. The van der Waals surface area contributed by atoms with Crippen LogP contribution in [0.3, 0.4) is 0 Å². The van der Waals surface area contributed by atoms with Crippen LogP contribution in [-0.4, -0.2) is 24.8 Å². The highest BCUT2D eigenvalue weighted by molar-refractivity contribution is 5.77. The van der Waals surface area contributed by atoms with Gasteiger partial charge in [0.1, 0.15) is 12.0 Å². The molecule has 1 aliphatic carbocycles. The van der Waals surface area contributed by atoms with E-state index in [9.17, 15) is 9.59 Å². The van der Waals surface area contributed by atoms with Crippen LogP contribution in [0.5, 0.6) is 5.75 Å². The van der Waals surface area contributed by atoms with Crippen LogP contribution in [0.25, 0.3) is 0 Å². The standard InChI is InChI=1S/C13H15NO3/c15-9-10-2-1-3-12(8-10)17-7-6-13(16)14-11-4-5-11/h1-3,8-9,11H,4-7H2,(H,14,16). The molecule has 4 heteroatoms. The van der Waals surface area contributed by atoms with E-state index >= 15 is 0 Å². The quantitative estimate of drug-likeness (QED) is 0.758. The maximum Gasteiger partial charge on any atom is 0.223 e. The first kappa shape index (κ1) is 11.6. The van der Waals surface area contributed by atoms with E-state index in [0.29, 0.717) is 30.4 Å². The second-order valence-corrected chi connectivity index (χ2v) is 4.13. The molecule has 1 aromatic carbocycles. The van der Waals surface area contributed by atoms with Gasteiger partial charge >= 0.3 is 0 Å². The molecule has 4 nitrogen and oxygen atoms in total. The Morgan fingerprint density at radius 2 is 2.29 bits per heavy atom. The number of hydrogen-bond donors (Lipinski definition) is 1. The molecule has 1 amide bonds. The molecule has 1 N–H and O–H groups in total. The Morgan fingerprint density at radius 1 is 1.47 bits per heavy atom. The molecular weight excluding hydrogens is 218 g/mol. The fraction of sp³-hybridized carbons (Fsp3) is 0.385. The van der Waals surface area contributed by atoms with E-state index < -0.39 is 0 Å². The lowest BCUT2D eigenvalue weighted by molar-refractivity contribution is -0.121. The molecular formula is C13H15NO3. The summed E-state index contributed by atoms with van der Waals surface area (Å²) in [6, 6.07) is 7.28. The second kappa shape index (κ2) is 5.48. The lowest BCUT2D eigenvalue weighted by atomic mass is 10.2. The zero-order valence-electron chi connectivity index (χ0n) is 9.52. The minimum atomic E-state index is 0.0269. The van der Waals surface area contributed by atoms with Crippen LogP contribution in [0.15, 0.2) is 24.3 Å². The number of amides is 1. The number of rotatable bonds is 6. The van der Waals surface area contributed by atoms with Crippen LogP contribution in [-0.2, 0) is 4.79 Å². The van der Waals surface area contributed by atoms with Gasteiger partial charge in [0.2, 0.25) is 5.91 Å². The van der Waals surface area contributed by atoms with Crippen molar-refractivity contribution in [3.05, 3.63) is 29.8 Å². The van der Waals surface area contributed by atoms with E-state index in [1.165, 1.54) is 0 Å². The first-order chi connectivity index (χ1) is 8.28. The molecule has 17 heavy (non-hydrogen) atoms. The van der Waals surface area contributed by atoms with Crippen LogP contribution in [0.1, 0.15) is 29.6 Å². The van der Waals surface area contributed by atoms with Crippen LogP contribution in [0.4, 0.5) is 0 Å². The van der Waals surface area contributed by atoms with Crippen molar-refractivity contribution in [3.8, 4) is 5.75 Å². The van der Waals surface area contributed by atoms with Crippen LogP contribution in [0, 0.1) is 0 Å². The fourth-order valence-corrected chi connectivity index (χ4v) is 1.47. The molecule has 0 heterocycles. The van der Waals surface area contributed by atoms with Crippen LogP contribution < -0.4 is 10.1 Å². The Bertz CT molecular complexity index is 413. The monoisotopic (exact) mass is 233 g/mol. The maximum atomic E-state index is 11.4. The van der Waals surface area contributed by atoms with Gasteiger partial charge in [0.25, 0.3) is 0 Å². The van der Waals surface area contributed by atoms with Crippen molar-refractivity contribution in [1.82, 2.24) is 5.32 Å². The normalized spacial score (nSPS) is 14.1. The lowest BCUT2D eigenvalue weighted by Crippen LogP contribution is -2.26. The van der Waals surface area contributed by atoms with Gasteiger partial charge in [-0.05, 0) is 25.0 Å². The number of aldehydes is 1. The molecule has 0 aliphatic heterocycles. The summed E-state index contributed by atoms with van der Waals surface area (Å²) in [4.78, 5) is 21.9. The number of ether oxygens (including phenoxy) is 1. The van der Waals surface area contributed by atoms with E-state index in [1.807, 2.05) is 0 Å². The zero-order chi connectivity index (χ0) is 12.1. The fourth-order valence-electron chi connectivity index (χ4n) is 1.47. The first-order valence-corrected chi connectivity index (χ1v) is 5.75. The average molecular weight is 233 g/mol. The van der Waals surface area contributed by atoms with Gasteiger partial charge < -0.3 is 10.1 Å². The maximum absolute atomic E-state index is 11.4. The first-order valence-electron chi connectivity index (χ1n) is 5.75. The molecule has 1 aliphatic rings. The summed E-state index contributed by atoms with van der Waals surface area (Å²) in [6.45, 7) is 0.334. The van der Waals surface area contributed by atoms with Gasteiger partial charge in [-0.25, -0.2) is 0 Å². The van der Waals surface area contributed by atoms with Gasteiger partial charge in [0, 0.05) is 11.6 Å². The molecule has 0 aromatic heterocycles. The van der Waals surface area contributed by atoms with E-state index in [4.69, 9.17) is 4.74 Å². The number of hydrogen-bond acceptors (Lipinski definition) is 3. The summed E-state index contributed by atoms with van der Waals surface area (Å²) in [5, 5.41) is 2.89. The number of benzene rings is 1. The summed E-state index contributed by atoms with van der Waals surface area (Å²) < 4.78 is 5.40. The van der Waals surface area contributed by atoms with Crippen LogP contribution in [0.2, 0.25) is 0 Å². The SMILES string of the molecule is O=Cc1cccc(OCCC(=O)NC2CC2)c1. The van der Waals surface area contributed by atoms with Gasteiger partial charge in [-0.15, -0.1) is 0 Å². The van der Waals surface area contributed by atoms with Gasteiger partial charge in [-0.1, -0.05) is 12.1 Å². The van der Waals surface area contributed by atoms with Crippen molar-refractivity contribution >= 4 is 12.2 Å². The third-order valence-electron chi connectivity index (χ3n) is 2.53. The van der Waals surface area contributed by atoms with Gasteiger partial charge in [0.15, 0.2) is 0 Å². The van der Waals surface area contributed by atoms with Crippen molar-refractivity contribution in [1.29, 1.82) is 0 Å². The average Bonchev–Trinajstić information content (AvgIpc) is 3.13. The van der Waals surface area contributed by atoms with Crippen molar-refractivity contribution in [3.63, 3.8) is 0 Å². The van der Waals surface area contributed by atoms with Crippen molar-refractivity contribution in [2.45, 2.75) is 25.3 Å². The molecule has 0 unspecified atom stereocenters. The van der Waals surface area contributed by atoms with Crippen molar-refractivity contribution in [2.24, 2.45) is 0 Å². The Labute approximate surface area is 100.0 Å². The molecule has 1 aromatic rings. The summed E-state index contributed by atoms with van der Waals surface area (Å²) in [7, 11) is 0. The number of nitrogens with one attached hydrogen (secondary N) is 1. The number of carbonyl (C=O) groups is 2. The second-order valence-electron chi connectivity index (χ2n) is 4.13. The summed E-state index contributed by atoms with van der Waals surface area (Å²) in [5.74, 6) is 0.646. The predicted octanol–water partition coefficient (Wildman–Crippen LogP) is 1.55. The Morgan fingerprint density at radius 3 is 3.00 bits per heavy atom. The smallest absolute Gasteiger partial charge is 0.223 e. The summed E-state index contributed by atoms with van der Waals surface area (Å²) in [6.07, 6.45) is 3.30. The van der Waals surface area contributed by atoms with Gasteiger partial charge in [-0.3, -0.25) is 9.59 Å². The van der Waals surface area contributed by atoms with E-state index in [1.54, 1.807) is 24.3 Å². The van der Waals surface area contributed by atoms with Crippen molar-refractivity contribution < 1.29 is 14.3 Å². The van der Waals surface area contributed by atoms with Crippen molar-refractivity contribution in [2.75, 3.05) is 6.61 Å². The highest BCUT2D eigenvalue weighted by atomic mass is 16.5. The minimum absolute atomic E-state index is 0.0269. The van der Waals surface area contributed by atoms with Gasteiger partial charge in [-0.2, -0.15) is 0 Å². The third kappa shape index (κ3) is 3.90. The molecule has 0 atom stereocenters. The van der Waals surface area contributed by atoms with Gasteiger partial charge in [0.05, 0.1) is 13.0 Å². The topological polar surface area (TPSA) is 55.4 Å². The molecule has 1 saturated carbocycles. The van der Waals surface area contributed by atoms with E-state index in [0.717, 1.165) is 19.1 Å². The number of carbonyl (C=O) groups excluding carboxylic acids is 2. The summed E-state index contributed by atoms with van der Waals surface area (Å²) in [5.41, 5.74) is 0.574. The molecule has 0 saturated heterocycles. The molecule has 90 valence electrons. The molecule has 0 radical (unpaired) electrons. The Hall–Kier alpha value is -1.84. The minimum Gasteiger partial charge on any atom is -0.493 e. The lowest BCUT2D eigenvalue weighted by Gasteiger charge is -2.06. The highest BCUT2D eigenvalue weighted by Gasteiger charge is 2.22. The Kier molecular flexibility index (Phi) is 3.75. The molecule has 0 spiro atoms. The van der Waals surface area contributed by atoms with E-state index in [-0.39, 0.29) is 5.91 Å². The largest absolute Gasteiger partial charge is 0.493 e.